The number of aliphatic imine (C=N–C) groups is 1. The van der Waals surface area contributed by atoms with Crippen LogP contribution in [0.15, 0.2) is 28.9 Å². The Morgan fingerprint density at radius 3 is 2.06 bits per heavy atom. The second kappa shape index (κ2) is 4.66. The summed E-state index contributed by atoms with van der Waals surface area (Å²) in [5, 5.41) is 0. The molecule has 1 aliphatic heterocycles. The minimum atomic E-state index is -0.409. The Bertz CT molecular complexity index is 357. The Hall–Kier alpha value is -1.07. The molecule has 0 atom stereocenters. The summed E-state index contributed by atoms with van der Waals surface area (Å²) in [6.07, 6.45) is 3.53. The van der Waals surface area contributed by atoms with E-state index in [-0.39, 0.29) is 17.0 Å². The van der Waals surface area contributed by atoms with Crippen molar-refractivity contribution in [3.8, 4) is 0 Å². The normalized spacial score (nSPS) is 23.4. The fourth-order valence-electron chi connectivity index (χ4n) is 1.41. The third kappa shape index (κ3) is 2.98. The van der Waals surface area contributed by atoms with Gasteiger partial charge in [0.2, 0.25) is 0 Å². The molecule has 1 saturated heterocycles. The smallest absolute Gasteiger partial charge is 0.399 e. The van der Waals surface area contributed by atoms with Gasteiger partial charge in [-0.2, -0.15) is 0 Å². The first-order valence-electron chi connectivity index (χ1n) is 5.70. The highest BCUT2D eigenvalue weighted by atomic mass is 16.7. The van der Waals surface area contributed by atoms with Gasteiger partial charge < -0.3 is 15.0 Å². The number of rotatable bonds is 3. The summed E-state index contributed by atoms with van der Waals surface area (Å²) in [6.45, 7) is 13.5. The first-order chi connectivity index (χ1) is 7.69. The highest BCUT2D eigenvalue weighted by Gasteiger charge is 2.52. The number of hydrogen-bond acceptors (Lipinski definition) is 4. The van der Waals surface area contributed by atoms with Gasteiger partial charge in [0.05, 0.1) is 11.2 Å². The largest absolute Gasteiger partial charge is 0.496 e. The topological polar surface area (TPSA) is 56.8 Å². The second-order valence-electron chi connectivity index (χ2n) is 5.13. The summed E-state index contributed by atoms with van der Waals surface area (Å²) in [4.78, 5) is 3.97. The Kier molecular flexibility index (Phi) is 3.84. The van der Waals surface area contributed by atoms with Crippen LogP contribution in [0.4, 0.5) is 0 Å². The summed E-state index contributed by atoms with van der Waals surface area (Å²) in [7, 11) is -0.409. The Balaban J connectivity index is 2.86. The van der Waals surface area contributed by atoms with E-state index in [2.05, 4.69) is 11.6 Å². The highest BCUT2D eigenvalue weighted by molar-refractivity contribution is 6.60. The van der Waals surface area contributed by atoms with E-state index in [1.54, 1.807) is 6.21 Å². The van der Waals surface area contributed by atoms with Crippen molar-refractivity contribution >= 4 is 13.3 Å². The van der Waals surface area contributed by atoms with Crippen LogP contribution in [0.3, 0.4) is 0 Å². The molecule has 0 aromatic carbocycles. The zero-order valence-electron chi connectivity index (χ0n) is 11.3. The molecule has 1 rings (SSSR count). The van der Waals surface area contributed by atoms with E-state index in [9.17, 15) is 0 Å². The molecule has 0 aliphatic carbocycles. The average molecular weight is 236 g/mol. The predicted molar refractivity (Wildman–Crippen MR) is 71.7 cm³/mol. The van der Waals surface area contributed by atoms with Crippen molar-refractivity contribution < 1.29 is 9.31 Å². The zero-order valence-corrected chi connectivity index (χ0v) is 11.3. The van der Waals surface area contributed by atoms with Gasteiger partial charge in [0.25, 0.3) is 0 Å². The summed E-state index contributed by atoms with van der Waals surface area (Å²) in [5.74, 6) is 0.265. The molecular formula is C12H21BN2O2. The highest BCUT2D eigenvalue weighted by Crippen LogP contribution is 2.38. The van der Waals surface area contributed by atoms with Crippen LogP contribution in [0.5, 0.6) is 0 Å². The third-order valence-corrected chi connectivity index (χ3v) is 3.24. The van der Waals surface area contributed by atoms with Crippen LogP contribution in [0, 0.1) is 0 Å². The molecule has 0 spiro atoms. The zero-order chi connectivity index (χ0) is 13.3. The lowest BCUT2D eigenvalue weighted by molar-refractivity contribution is 0.00578. The standard InChI is InChI=1S/C12H21BN2O2/c1-7-10(8-15-9(2)14)13-16-11(3,4)12(5,6)17-13/h7-8H,2,14H2,1,3-6H3/b10-7+,15-8?. The molecular weight excluding hydrogens is 215 g/mol. The van der Waals surface area contributed by atoms with Gasteiger partial charge in [-0.15, -0.1) is 0 Å². The molecule has 1 fully saturated rings. The van der Waals surface area contributed by atoms with E-state index in [1.165, 1.54) is 0 Å². The van der Waals surface area contributed by atoms with Gasteiger partial charge in [-0.25, -0.2) is 4.99 Å². The molecule has 0 radical (unpaired) electrons. The van der Waals surface area contributed by atoms with Crippen molar-refractivity contribution in [2.75, 3.05) is 0 Å². The molecule has 0 aromatic rings. The van der Waals surface area contributed by atoms with E-state index in [0.717, 1.165) is 5.47 Å². The van der Waals surface area contributed by atoms with Gasteiger partial charge in [0, 0.05) is 6.21 Å². The number of nitrogens with two attached hydrogens (primary N) is 1. The predicted octanol–water partition coefficient (Wildman–Crippen LogP) is 2.06. The van der Waals surface area contributed by atoms with Gasteiger partial charge in [-0.1, -0.05) is 12.7 Å². The van der Waals surface area contributed by atoms with Crippen molar-refractivity contribution in [2.45, 2.75) is 45.8 Å². The first kappa shape index (κ1) is 14.0. The molecule has 0 aromatic heterocycles. The lowest BCUT2D eigenvalue weighted by Gasteiger charge is -2.32. The van der Waals surface area contributed by atoms with Crippen LogP contribution in [-0.2, 0) is 9.31 Å². The molecule has 5 heteroatoms. The van der Waals surface area contributed by atoms with Crippen molar-refractivity contribution in [3.05, 3.63) is 23.9 Å². The fourth-order valence-corrected chi connectivity index (χ4v) is 1.41. The van der Waals surface area contributed by atoms with E-state index >= 15 is 0 Å². The van der Waals surface area contributed by atoms with E-state index < -0.39 is 7.12 Å². The quantitative estimate of drug-likeness (QED) is 0.602. The molecule has 4 nitrogen and oxygen atoms in total. The van der Waals surface area contributed by atoms with Crippen molar-refractivity contribution in [1.29, 1.82) is 0 Å². The van der Waals surface area contributed by atoms with E-state index in [4.69, 9.17) is 15.0 Å². The van der Waals surface area contributed by atoms with E-state index in [0.29, 0.717) is 0 Å². The Labute approximate surface area is 104 Å². The van der Waals surface area contributed by atoms with Gasteiger partial charge in [0.1, 0.15) is 5.82 Å². The summed E-state index contributed by atoms with van der Waals surface area (Å²) >= 11 is 0. The minimum absolute atomic E-state index is 0.265. The summed E-state index contributed by atoms with van der Waals surface area (Å²) < 4.78 is 11.8. The fraction of sp³-hybridized carbons (Fsp3) is 0.583. The molecule has 94 valence electrons. The maximum atomic E-state index is 5.90. The molecule has 0 saturated carbocycles. The molecule has 1 heterocycles. The van der Waals surface area contributed by atoms with Crippen molar-refractivity contribution in [2.24, 2.45) is 10.7 Å². The maximum absolute atomic E-state index is 5.90. The van der Waals surface area contributed by atoms with Crippen molar-refractivity contribution in [1.82, 2.24) is 0 Å². The lowest BCUT2D eigenvalue weighted by Crippen LogP contribution is -2.41. The van der Waals surface area contributed by atoms with Gasteiger partial charge in [-0.3, -0.25) is 0 Å². The third-order valence-electron chi connectivity index (χ3n) is 3.24. The molecule has 0 unspecified atom stereocenters. The van der Waals surface area contributed by atoms with E-state index in [1.807, 2.05) is 40.7 Å². The molecule has 2 N–H and O–H groups in total. The van der Waals surface area contributed by atoms with Gasteiger partial charge in [0.15, 0.2) is 0 Å². The summed E-state index contributed by atoms with van der Waals surface area (Å²) in [5.41, 5.74) is 5.55. The minimum Gasteiger partial charge on any atom is -0.399 e. The first-order valence-corrected chi connectivity index (χ1v) is 5.70. The van der Waals surface area contributed by atoms with Crippen LogP contribution in [-0.4, -0.2) is 24.5 Å². The monoisotopic (exact) mass is 236 g/mol. The van der Waals surface area contributed by atoms with Crippen LogP contribution in [0.25, 0.3) is 0 Å². The van der Waals surface area contributed by atoms with Crippen LogP contribution < -0.4 is 5.73 Å². The lowest BCUT2D eigenvalue weighted by atomic mass is 9.79. The number of allylic oxidation sites excluding steroid dienone is 2. The number of nitrogens with zero attached hydrogens (tertiary/aromatic N) is 1. The molecule has 1 aliphatic rings. The number of hydrogen-bond donors (Lipinski definition) is 1. The summed E-state index contributed by atoms with van der Waals surface area (Å²) in [6, 6.07) is 0. The Morgan fingerprint density at radius 2 is 1.71 bits per heavy atom. The van der Waals surface area contributed by atoms with Gasteiger partial charge in [-0.05, 0) is 40.1 Å². The Morgan fingerprint density at radius 1 is 1.24 bits per heavy atom. The molecule has 0 amide bonds. The maximum Gasteiger partial charge on any atom is 0.496 e. The van der Waals surface area contributed by atoms with Gasteiger partial charge >= 0.3 is 7.12 Å². The van der Waals surface area contributed by atoms with Crippen molar-refractivity contribution in [3.63, 3.8) is 0 Å². The van der Waals surface area contributed by atoms with Crippen LogP contribution in [0.1, 0.15) is 34.6 Å². The molecule has 17 heavy (non-hydrogen) atoms. The average Bonchev–Trinajstić information content (AvgIpc) is 2.36. The van der Waals surface area contributed by atoms with Crippen LogP contribution >= 0.6 is 0 Å². The second-order valence-corrected chi connectivity index (χ2v) is 5.13. The molecule has 0 bridgehead atoms. The SMILES string of the molecule is C=C(N)N=C/C(=C\C)B1OC(C)(C)C(C)(C)O1. The van der Waals surface area contributed by atoms with Crippen LogP contribution in [0.2, 0.25) is 0 Å².